The predicted molar refractivity (Wildman–Crippen MR) is 99.5 cm³/mol. The monoisotopic (exact) mass is 376 g/mol. The summed E-state index contributed by atoms with van der Waals surface area (Å²) in [4.78, 5) is 35.5. The van der Waals surface area contributed by atoms with Crippen molar-refractivity contribution in [2.45, 2.75) is 64.4 Å². The molecule has 6 nitrogen and oxygen atoms in total. The molecular weight excluding hydrogens is 348 g/mol. The first kappa shape index (κ1) is 20.9. The Labute approximate surface area is 159 Å². The maximum absolute atomic E-state index is 12.0. The molecule has 27 heavy (non-hydrogen) atoms. The summed E-state index contributed by atoms with van der Waals surface area (Å²) in [5.74, 6) is -1.54. The number of esters is 2. The van der Waals surface area contributed by atoms with E-state index >= 15 is 0 Å². The highest BCUT2D eigenvalue weighted by Crippen LogP contribution is 2.49. The molecule has 1 aromatic carbocycles. The maximum Gasteiger partial charge on any atom is 0.337 e. The number of rotatable bonds is 6. The number of carbonyl (C=O) groups is 3. The Hall–Kier alpha value is -2.37. The molecule has 2 rings (SSSR count). The fourth-order valence-electron chi connectivity index (χ4n) is 3.68. The summed E-state index contributed by atoms with van der Waals surface area (Å²) in [6.45, 7) is 5.38. The van der Waals surface area contributed by atoms with Gasteiger partial charge in [0.1, 0.15) is 5.60 Å². The van der Waals surface area contributed by atoms with Gasteiger partial charge in [-0.2, -0.15) is 0 Å². The molecule has 0 aliphatic heterocycles. The minimum Gasteiger partial charge on any atom is -0.481 e. The molecule has 0 radical (unpaired) electrons. The van der Waals surface area contributed by atoms with Gasteiger partial charge in [0.15, 0.2) is 0 Å². The van der Waals surface area contributed by atoms with Crippen LogP contribution in [-0.4, -0.2) is 35.7 Å². The van der Waals surface area contributed by atoms with Gasteiger partial charge in [0, 0.05) is 6.42 Å². The molecule has 0 spiro atoms. The van der Waals surface area contributed by atoms with Gasteiger partial charge in [0.25, 0.3) is 0 Å². The lowest BCUT2D eigenvalue weighted by atomic mass is 9.80. The summed E-state index contributed by atoms with van der Waals surface area (Å²) in [5, 5.41) is 9.81. The standard InChI is InChI=1S/C21H28O6/c1-20(2,3)27-17(22)10-12-21(19(24)25)11-9-16(13-21)14-5-7-15(8-6-14)18(23)26-4/h5-8,16H,9-13H2,1-4H3,(H,24,25). The zero-order valence-corrected chi connectivity index (χ0v) is 16.4. The lowest BCUT2D eigenvalue weighted by Gasteiger charge is -2.25. The lowest BCUT2D eigenvalue weighted by Crippen LogP contribution is -2.30. The Morgan fingerprint density at radius 3 is 2.33 bits per heavy atom. The van der Waals surface area contributed by atoms with Crippen LogP contribution in [0.5, 0.6) is 0 Å². The molecule has 1 N–H and O–H groups in total. The minimum atomic E-state index is -0.914. The molecule has 6 heteroatoms. The first-order chi connectivity index (χ1) is 12.6. The van der Waals surface area contributed by atoms with Gasteiger partial charge in [-0.1, -0.05) is 12.1 Å². The summed E-state index contributed by atoms with van der Waals surface area (Å²) in [5.41, 5.74) is -0.0212. The average Bonchev–Trinajstić information content (AvgIpc) is 3.04. The SMILES string of the molecule is COC(=O)c1ccc(C2CCC(CCC(=O)OC(C)(C)C)(C(=O)O)C2)cc1. The van der Waals surface area contributed by atoms with Crippen molar-refractivity contribution in [3.8, 4) is 0 Å². The lowest BCUT2D eigenvalue weighted by molar-refractivity contribution is -0.157. The highest BCUT2D eigenvalue weighted by atomic mass is 16.6. The summed E-state index contributed by atoms with van der Waals surface area (Å²) < 4.78 is 10.00. The molecule has 1 aliphatic carbocycles. The van der Waals surface area contributed by atoms with Gasteiger partial charge < -0.3 is 14.6 Å². The molecule has 1 aromatic rings. The summed E-state index contributed by atoms with van der Waals surface area (Å²) in [6.07, 6.45) is 2.10. The highest BCUT2D eigenvalue weighted by molar-refractivity contribution is 5.89. The summed E-state index contributed by atoms with van der Waals surface area (Å²) in [6, 6.07) is 7.09. The Balaban J connectivity index is 2.05. The molecule has 2 atom stereocenters. The minimum absolute atomic E-state index is 0.0893. The molecule has 0 heterocycles. The second kappa shape index (κ2) is 8.11. The van der Waals surface area contributed by atoms with Crippen LogP contribution < -0.4 is 0 Å². The number of hydrogen-bond acceptors (Lipinski definition) is 5. The third-order valence-corrected chi connectivity index (χ3v) is 5.09. The van der Waals surface area contributed by atoms with E-state index < -0.39 is 23.0 Å². The van der Waals surface area contributed by atoms with Crippen LogP contribution in [0.2, 0.25) is 0 Å². The van der Waals surface area contributed by atoms with Crippen molar-refractivity contribution in [3.05, 3.63) is 35.4 Å². The van der Waals surface area contributed by atoms with Gasteiger partial charge in [0.2, 0.25) is 0 Å². The predicted octanol–water partition coefficient (Wildman–Crippen LogP) is 3.93. The number of carbonyl (C=O) groups excluding carboxylic acids is 2. The van der Waals surface area contributed by atoms with Crippen molar-refractivity contribution in [3.63, 3.8) is 0 Å². The smallest absolute Gasteiger partial charge is 0.337 e. The number of aliphatic carboxylic acids is 1. The van der Waals surface area contributed by atoms with Crippen LogP contribution in [0.4, 0.5) is 0 Å². The summed E-state index contributed by atoms with van der Waals surface area (Å²) >= 11 is 0. The topological polar surface area (TPSA) is 89.9 Å². The second-order valence-electron chi connectivity index (χ2n) is 8.23. The molecule has 0 aromatic heterocycles. The number of hydrogen-bond donors (Lipinski definition) is 1. The van der Waals surface area contributed by atoms with Crippen molar-refractivity contribution >= 4 is 17.9 Å². The van der Waals surface area contributed by atoms with Crippen molar-refractivity contribution in [1.29, 1.82) is 0 Å². The molecular formula is C21H28O6. The van der Waals surface area contributed by atoms with Gasteiger partial charge in [-0.05, 0) is 70.1 Å². The van der Waals surface area contributed by atoms with E-state index in [4.69, 9.17) is 9.47 Å². The van der Waals surface area contributed by atoms with Crippen LogP contribution in [0.1, 0.15) is 74.7 Å². The van der Waals surface area contributed by atoms with E-state index in [1.807, 2.05) is 12.1 Å². The number of benzene rings is 1. The third-order valence-electron chi connectivity index (χ3n) is 5.09. The van der Waals surface area contributed by atoms with E-state index in [2.05, 4.69) is 0 Å². The van der Waals surface area contributed by atoms with Crippen LogP contribution in [-0.2, 0) is 19.1 Å². The third kappa shape index (κ3) is 5.31. The Morgan fingerprint density at radius 2 is 1.81 bits per heavy atom. The van der Waals surface area contributed by atoms with Gasteiger partial charge in [-0.15, -0.1) is 0 Å². The molecule has 2 unspecified atom stereocenters. The Morgan fingerprint density at radius 1 is 1.19 bits per heavy atom. The maximum atomic E-state index is 12.0. The first-order valence-corrected chi connectivity index (χ1v) is 9.20. The van der Waals surface area contributed by atoms with Crippen LogP contribution in [0.15, 0.2) is 24.3 Å². The average molecular weight is 376 g/mol. The van der Waals surface area contributed by atoms with E-state index in [9.17, 15) is 19.5 Å². The first-order valence-electron chi connectivity index (χ1n) is 9.20. The quantitative estimate of drug-likeness (QED) is 0.757. The van der Waals surface area contributed by atoms with Gasteiger partial charge in [-0.25, -0.2) is 4.79 Å². The Kier molecular flexibility index (Phi) is 6.29. The molecule has 1 saturated carbocycles. The van der Waals surface area contributed by atoms with E-state index in [-0.39, 0.29) is 24.7 Å². The van der Waals surface area contributed by atoms with Crippen LogP contribution >= 0.6 is 0 Å². The zero-order chi connectivity index (χ0) is 20.2. The number of methoxy groups -OCH3 is 1. The number of carboxylic acid groups (broad SMARTS) is 1. The second-order valence-corrected chi connectivity index (χ2v) is 8.23. The zero-order valence-electron chi connectivity index (χ0n) is 16.4. The highest BCUT2D eigenvalue weighted by Gasteiger charge is 2.46. The van der Waals surface area contributed by atoms with Crippen molar-refractivity contribution in [2.24, 2.45) is 5.41 Å². The van der Waals surface area contributed by atoms with E-state index in [0.717, 1.165) is 12.0 Å². The molecule has 0 amide bonds. The molecule has 1 fully saturated rings. The normalized spacial score (nSPS) is 22.3. The fraction of sp³-hybridized carbons (Fsp3) is 0.571. The van der Waals surface area contributed by atoms with E-state index in [0.29, 0.717) is 18.4 Å². The fourth-order valence-corrected chi connectivity index (χ4v) is 3.68. The van der Waals surface area contributed by atoms with E-state index in [1.54, 1.807) is 32.9 Å². The van der Waals surface area contributed by atoms with E-state index in [1.165, 1.54) is 7.11 Å². The van der Waals surface area contributed by atoms with Crippen molar-refractivity contribution < 1.29 is 29.0 Å². The van der Waals surface area contributed by atoms with Crippen molar-refractivity contribution in [1.82, 2.24) is 0 Å². The van der Waals surface area contributed by atoms with Crippen LogP contribution in [0.25, 0.3) is 0 Å². The van der Waals surface area contributed by atoms with Crippen molar-refractivity contribution in [2.75, 3.05) is 7.11 Å². The van der Waals surface area contributed by atoms with Gasteiger partial charge >= 0.3 is 17.9 Å². The summed E-state index contributed by atoms with van der Waals surface area (Å²) in [7, 11) is 1.33. The number of ether oxygens (including phenoxy) is 2. The van der Waals surface area contributed by atoms with Crippen LogP contribution in [0, 0.1) is 5.41 Å². The molecule has 1 aliphatic rings. The van der Waals surface area contributed by atoms with Gasteiger partial charge in [0.05, 0.1) is 18.1 Å². The molecule has 0 saturated heterocycles. The number of carboxylic acids is 1. The molecule has 0 bridgehead atoms. The Bertz CT molecular complexity index is 700. The largest absolute Gasteiger partial charge is 0.481 e. The molecule has 148 valence electrons. The van der Waals surface area contributed by atoms with Crippen LogP contribution in [0.3, 0.4) is 0 Å². The van der Waals surface area contributed by atoms with Gasteiger partial charge in [-0.3, -0.25) is 9.59 Å².